The highest BCUT2D eigenvalue weighted by Crippen LogP contribution is 2.03. The Labute approximate surface area is 87.9 Å². The van der Waals surface area contributed by atoms with Gasteiger partial charge in [0.05, 0.1) is 13.1 Å². The van der Waals surface area contributed by atoms with E-state index in [4.69, 9.17) is 5.11 Å². The summed E-state index contributed by atoms with van der Waals surface area (Å²) >= 11 is 0. The molecule has 0 saturated heterocycles. The Hall–Kier alpha value is -1.43. The van der Waals surface area contributed by atoms with E-state index in [0.717, 1.165) is 0 Å². The van der Waals surface area contributed by atoms with Crippen molar-refractivity contribution in [3.05, 3.63) is 12.2 Å². The van der Waals surface area contributed by atoms with Gasteiger partial charge in [0.1, 0.15) is 0 Å². The number of rotatable bonds is 6. The number of aliphatic carboxylic acids is 1. The molecule has 6 nitrogen and oxygen atoms in total. The summed E-state index contributed by atoms with van der Waals surface area (Å²) in [5.41, 5.74) is 0. The SMILES string of the molecule is CC(C)CN(CC(=O)O)Cc1ncon1. The van der Waals surface area contributed by atoms with Crippen LogP contribution < -0.4 is 0 Å². The maximum Gasteiger partial charge on any atom is 0.317 e. The molecule has 0 bridgehead atoms. The summed E-state index contributed by atoms with van der Waals surface area (Å²) in [6.07, 6.45) is 1.24. The van der Waals surface area contributed by atoms with Gasteiger partial charge in [0.15, 0.2) is 5.82 Å². The molecule has 0 aromatic carbocycles. The average molecular weight is 213 g/mol. The van der Waals surface area contributed by atoms with Gasteiger partial charge in [-0.25, -0.2) is 0 Å². The quantitative estimate of drug-likeness (QED) is 0.745. The molecule has 0 amide bonds. The van der Waals surface area contributed by atoms with Crippen LogP contribution in [0.5, 0.6) is 0 Å². The van der Waals surface area contributed by atoms with Gasteiger partial charge in [-0.2, -0.15) is 4.98 Å². The maximum atomic E-state index is 10.6. The first-order valence-electron chi connectivity index (χ1n) is 4.77. The highest BCUT2D eigenvalue weighted by atomic mass is 16.5. The van der Waals surface area contributed by atoms with E-state index >= 15 is 0 Å². The number of hydrogen-bond acceptors (Lipinski definition) is 5. The van der Waals surface area contributed by atoms with Crippen LogP contribution in [0.15, 0.2) is 10.9 Å². The Morgan fingerprint density at radius 1 is 1.67 bits per heavy atom. The van der Waals surface area contributed by atoms with E-state index in [-0.39, 0.29) is 6.54 Å². The monoisotopic (exact) mass is 213 g/mol. The summed E-state index contributed by atoms with van der Waals surface area (Å²) in [6, 6.07) is 0. The largest absolute Gasteiger partial charge is 0.480 e. The molecular formula is C9H15N3O3. The molecule has 1 N–H and O–H groups in total. The zero-order valence-electron chi connectivity index (χ0n) is 8.88. The number of nitrogens with zero attached hydrogens (tertiary/aromatic N) is 3. The van der Waals surface area contributed by atoms with Gasteiger partial charge in [-0.3, -0.25) is 9.69 Å². The van der Waals surface area contributed by atoms with E-state index < -0.39 is 5.97 Å². The first-order chi connectivity index (χ1) is 7.08. The van der Waals surface area contributed by atoms with Crippen molar-refractivity contribution >= 4 is 5.97 Å². The van der Waals surface area contributed by atoms with E-state index in [0.29, 0.717) is 24.8 Å². The first-order valence-corrected chi connectivity index (χ1v) is 4.77. The fourth-order valence-corrected chi connectivity index (χ4v) is 1.35. The van der Waals surface area contributed by atoms with Crippen molar-refractivity contribution < 1.29 is 14.4 Å². The van der Waals surface area contributed by atoms with E-state index in [2.05, 4.69) is 14.7 Å². The minimum atomic E-state index is -0.848. The lowest BCUT2D eigenvalue weighted by Gasteiger charge is -2.20. The van der Waals surface area contributed by atoms with Crippen LogP contribution in [0, 0.1) is 5.92 Å². The molecule has 0 saturated carbocycles. The van der Waals surface area contributed by atoms with Gasteiger partial charge in [-0.15, -0.1) is 0 Å². The van der Waals surface area contributed by atoms with Crippen LogP contribution >= 0.6 is 0 Å². The molecule has 0 aliphatic heterocycles. The van der Waals surface area contributed by atoms with E-state index in [1.54, 1.807) is 4.90 Å². The summed E-state index contributed by atoms with van der Waals surface area (Å²) in [4.78, 5) is 16.2. The third-order valence-corrected chi connectivity index (χ3v) is 1.75. The van der Waals surface area contributed by atoms with Gasteiger partial charge in [0.2, 0.25) is 6.39 Å². The Balaban J connectivity index is 2.52. The van der Waals surface area contributed by atoms with Crippen molar-refractivity contribution in [1.82, 2.24) is 15.0 Å². The second-order valence-corrected chi connectivity index (χ2v) is 3.80. The number of aromatic nitrogens is 2. The maximum absolute atomic E-state index is 10.6. The molecule has 0 fully saturated rings. The Kier molecular flexibility index (Phi) is 4.23. The minimum absolute atomic E-state index is 0.00722. The molecule has 6 heteroatoms. The van der Waals surface area contributed by atoms with Crippen LogP contribution in [0.1, 0.15) is 19.7 Å². The van der Waals surface area contributed by atoms with Crippen LogP contribution in [-0.4, -0.2) is 39.2 Å². The van der Waals surface area contributed by atoms with Crippen molar-refractivity contribution in [1.29, 1.82) is 0 Å². The van der Waals surface area contributed by atoms with Crippen molar-refractivity contribution in [2.75, 3.05) is 13.1 Å². The fraction of sp³-hybridized carbons (Fsp3) is 0.667. The summed E-state index contributed by atoms with van der Waals surface area (Å²) in [5.74, 6) is 0.0623. The standard InChI is InChI=1S/C9H15N3O3/c1-7(2)3-12(5-9(13)14)4-8-10-6-15-11-8/h6-7H,3-5H2,1-2H3,(H,13,14). The number of hydrogen-bond donors (Lipinski definition) is 1. The minimum Gasteiger partial charge on any atom is -0.480 e. The summed E-state index contributed by atoms with van der Waals surface area (Å²) in [7, 11) is 0. The van der Waals surface area contributed by atoms with Crippen LogP contribution in [0.2, 0.25) is 0 Å². The van der Waals surface area contributed by atoms with Crippen molar-refractivity contribution in [2.45, 2.75) is 20.4 Å². The summed E-state index contributed by atoms with van der Waals surface area (Å²) in [5, 5.41) is 12.4. The molecule has 0 radical (unpaired) electrons. The first kappa shape index (κ1) is 11.6. The van der Waals surface area contributed by atoms with Crippen LogP contribution in [0.4, 0.5) is 0 Å². The zero-order valence-corrected chi connectivity index (χ0v) is 8.88. The average Bonchev–Trinajstić information content (AvgIpc) is 2.53. The molecule has 0 aliphatic rings. The number of carbonyl (C=O) groups is 1. The summed E-state index contributed by atoms with van der Waals surface area (Å²) < 4.78 is 4.59. The van der Waals surface area contributed by atoms with Crippen molar-refractivity contribution in [3.63, 3.8) is 0 Å². The molecular weight excluding hydrogens is 198 g/mol. The molecule has 15 heavy (non-hydrogen) atoms. The lowest BCUT2D eigenvalue weighted by atomic mass is 10.2. The topological polar surface area (TPSA) is 79.5 Å². The molecule has 1 rings (SSSR count). The molecule has 0 spiro atoms. The van der Waals surface area contributed by atoms with Crippen molar-refractivity contribution in [3.8, 4) is 0 Å². The van der Waals surface area contributed by atoms with Crippen LogP contribution in [0.25, 0.3) is 0 Å². The lowest BCUT2D eigenvalue weighted by Crippen LogP contribution is -2.32. The molecule has 0 aliphatic carbocycles. The highest BCUT2D eigenvalue weighted by Gasteiger charge is 2.13. The van der Waals surface area contributed by atoms with Gasteiger partial charge >= 0.3 is 5.97 Å². The Morgan fingerprint density at radius 2 is 2.40 bits per heavy atom. The molecule has 1 aromatic rings. The third-order valence-electron chi connectivity index (χ3n) is 1.75. The molecule has 1 aromatic heterocycles. The second-order valence-electron chi connectivity index (χ2n) is 3.80. The normalized spacial score (nSPS) is 11.2. The Morgan fingerprint density at radius 3 is 2.87 bits per heavy atom. The second kappa shape index (κ2) is 5.45. The Bertz CT molecular complexity index is 298. The van der Waals surface area contributed by atoms with E-state index in [9.17, 15) is 4.79 Å². The van der Waals surface area contributed by atoms with Gasteiger partial charge in [-0.1, -0.05) is 19.0 Å². The van der Waals surface area contributed by atoms with Gasteiger partial charge in [0.25, 0.3) is 0 Å². The fourth-order valence-electron chi connectivity index (χ4n) is 1.35. The lowest BCUT2D eigenvalue weighted by molar-refractivity contribution is -0.138. The third kappa shape index (κ3) is 4.55. The summed E-state index contributed by atoms with van der Waals surface area (Å²) in [6.45, 7) is 5.16. The number of carboxylic acids is 1. The molecule has 84 valence electrons. The molecule has 0 unspecified atom stereocenters. The van der Waals surface area contributed by atoms with E-state index in [1.807, 2.05) is 13.8 Å². The smallest absolute Gasteiger partial charge is 0.317 e. The molecule has 0 atom stereocenters. The van der Waals surface area contributed by atoms with Gasteiger partial charge in [-0.05, 0) is 5.92 Å². The highest BCUT2D eigenvalue weighted by molar-refractivity contribution is 5.69. The predicted molar refractivity (Wildman–Crippen MR) is 52.0 cm³/mol. The van der Waals surface area contributed by atoms with Gasteiger partial charge < -0.3 is 9.63 Å². The van der Waals surface area contributed by atoms with E-state index in [1.165, 1.54) is 6.39 Å². The molecule has 1 heterocycles. The van der Waals surface area contributed by atoms with Crippen LogP contribution in [0.3, 0.4) is 0 Å². The predicted octanol–water partition coefficient (Wildman–Crippen LogP) is 0.612. The number of carboxylic acid groups (broad SMARTS) is 1. The van der Waals surface area contributed by atoms with Gasteiger partial charge in [0, 0.05) is 6.54 Å². The van der Waals surface area contributed by atoms with Crippen molar-refractivity contribution in [2.24, 2.45) is 5.92 Å². The van der Waals surface area contributed by atoms with Crippen LogP contribution in [-0.2, 0) is 11.3 Å². The zero-order chi connectivity index (χ0) is 11.3.